The largest absolute Gasteiger partial charge is 0.437 e. The molecule has 0 bridgehead atoms. The number of carbonyl (C=O) groups excluding carboxylic acids is 1. The van der Waals surface area contributed by atoms with Crippen molar-refractivity contribution in [3.63, 3.8) is 0 Å². The van der Waals surface area contributed by atoms with Crippen LogP contribution in [0.2, 0.25) is 0 Å². The highest BCUT2D eigenvalue weighted by atomic mass is 19.1. The molecule has 0 saturated carbocycles. The number of rotatable bonds is 12. The first-order valence-electron chi connectivity index (χ1n) is 17.5. The van der Waals surface area contributed by atoms with Gasteiger partial charge in [-0.2, -0.15) is 9.97 Å². The fraction of sp³-hybridized carbons (Fsp3) is 0.0930. The minimum Gasteiger partial charge on any atom is -0.437 e. The first-order chi connectivity index (χ1) is 27.3. The van der Waals surface area contributed by atoms with Gasteiger partial charge in [0.15, 0.2) is 28.1 Å². The molecule has 0 spiro atoms. The topological polar surface area (TPSA) is 123 Å². The van der Waals surface area contributed by atoms with Gasteiger partial charge in [-0.1, -0.05) is 85.0 Å². The average molecular weight is 747 g/mol. The third-order valence-corrected chi connectivity index (χ3v) is 9.19. The molecule has 0 radical (unpaired) electrons. The van der Waals surface area contributed by atoms with Crippen molar-refractivity contribution < 1.29 is 23.0 Å². The summed E-state index contributed by atoms with van der Waals surface area (Å²) in [6.45, 7) is 0. The number of carbonyl (C=O) groups is 1. The second-order valence-electron chi connectivity index (χ2n) is 12.9. The Labute approximate surface area is 319 Å². The van der Waals surface area contributed by atoms with Gasteiger partial charge in [-0.15, -0.1) is 0 Å². The van der Waals surface area contributed by atoms with E-state index in [0.29, 0.717) is 56.1 Å². The van der Waals surface area contributed by atoms with Crippen LogP contribution >= 0.6 is 0 Å². The van der Waals surface area contributed by atoms with Crippen LogP contribution in [0.4, 0.5) is 8.78 Å². The minimum absolute atomic E-state index is 0.246. The molecule has 0 aliphatic rings. The summed E-state index contributed by atoms with van der Waals surface area (Å²) in [5.74, 6) is -1.35. The molecule has 0 saturated heterocycles. The maximum Gasteiger partial charge on any atom is 0.250 e. The van der Waals surface area contributed by atoms with E-state index in [-0.39, 0.29) is 17.5 Å². The van der Waals surface area contributed by atoms with E-state index < -0.39 is 23.5 Å². The van der Waals surface area contributed by atoms with E-state index in [9.17, 15) is 13.6 Å². The van der Waals surface area contributed by atoms with E-state index in [1.165, 1.54) is 24.8 Å². The molecule has 8 rings (SSSR count). The van der Waals surface area contributed by atoms with Crippen molar-refractivity contribution in [1.29, 1.82) is 0 Å². The molecule has 0 aliphatic heterocycles. The van der Waals surface area contributed by atoms with Gasteiger partial charge in [0.2, 0.25) is 0 Å². The molecule has 0 fully saturated rings. The highest BCUT2D eigenvalue weighted by Crippen LogP contribution is 2.34. The van der Waals surface area contributed by atoms with Crippen LogP contribution in [0.25, 0.3) is 34.5 Å². The van der Waals surface area contributed by atoms with E-state index >= 15 is 0 Å². The number of ketones is 1. The Morgan fingerprint density at radius 2 is 0.982 bits per heavy atom. The summed E-state index contributed by atoms with van der Waals surface area (Å²) in [4.78, 5) is 40.7. The minimum atomic E-state index is -0.866. The van der Waals surface area contributed by atoms with Crippen molar-refractivity contribution in [2.24, 2.45) is 14.1 Å². The summed E-state index contributed by atoms with van der Waals surface area (Å²) in [6, 6.07) is 26.6. The molecular weight excluding hydrogens is 715 g/mol. The monoisotopic (exact) mass is 746 g/mol. The number of benzene rings is 4. The lowest BCUT2D eigenvalue weighted by Crippen LogP contribution is -2.18. The van der Waals surface area contributed by atoms with Crippen LogP contribution in [0.3, 0.4) is 0 Å². The van der Waals surface area contributed by atoms with Gasteiger partial charge in [0.05, 0.1) is 24.5 Å². The summed E-state index contributed by atoms with van der Waals surface area (Å²) >= 11 is 0. The van der Waals surface area contributed by atoms with E-state index in [4.69, 9.17) is 9.47 Å². The van der Waals surface area contributed by atoms with Gasteiger partial charge in [0.1, 0.15) is 35.8 Å². The predicted molar refractivity (Wildman–Crippen MR) is 207 cm³/mol. The van der Waals surface area contributed by atoms with E-state index in [1.807, 2.05) is 14.1 Å². The van der Waals surface area contributed by atoms with Crippen LogP contribution < -0.4 is 9.47 Å². The molecule has 4 aromatic heterocycles. The molecule has 4 heterocycles. The van der Waals surface area contributed by atoms with Gasteiger partial charge < -0.3 is 18.6 Å². The third-order valence-electron chi connectivity index (χ3n) is 9.19. The van der Waals surface area contributed by atoms with E-state index in [2.05, 4.69) is 29.9 Å². The molecule has 2 unspecified atom stereocenters. The molecule has 4 aromatic carbocycles. The Morgan fingerprint density at radius 1 is 0.571 bits per heavy atom. The van der Waals surface area contributed by atoms with Crippen LogP contribution in [-0.4, -0.2) is 44.8 Å². The number of allylic oxidation sites excluding steroid dienone is 2. The Hall–Kier alpha value is -7.41. The van der Waals surface area contributed by atoms with Crippen LogP contribution in [-0.2, 0) is 18.9 Å². The molecule has 11 nitrogen and oxygen atoms in total. The lowest BCUT2D eigenvalue weighted by molar-refractivity contribution is -0.120. The number of fused-ring (bicyclic) bond motifs is 2. The zero-order valence-corrected chi connectivity index (χ0v) is 30.1. The molecule has 2 atom stereocenters. The first-order valence-corrected chi connectivity index (χ1v) is 17.5. The molecular formula is C43H32F2N8O3. The highest BCUT2D eigenvalue weighted by molar-refractivity contribution is 5.96. The number of aryl methyl sites for hydroxylation is 2. The summed E-state index contributed by atoms with van der Waals surface area (Å²) in [5, 5.41) is 0. The molecule has 13 heteroatoms. The van der Waals surface area contributed by atoms with E-state index in [1.54, 1.807) is 131 Å². The number of nitrogens with zero attached hydrogens (tertiary/aromatic N) is 8. The average Bonchev–Trinajstić information content (AvgIpc) is 3.80. The van der Waals surface area contributed by atoms with Crippen LogP contribution in [0.1, 0.15) is 34.1 Å². The number of hydrogen-bond acceptors (Lipinski definition) is 9. The first kappa shape index (κ1) is 35.6. The maximum absolute atomic E-state index is 14.9. The van der Waals surface area contributed by atoms with Crippen molar-refractivity contribution >= 4 is 40.3 Å². The summed E-state index contributed by atoms with van der Waals surface area (Å²) in [5.41, 5.74) is 4.11. The van der Waals surface area contributed by atoms with Crippen LogP contribution in [0.5, 0.6) is 23.3 Å². The second kappa shape index (κ2) is 15.5. The Morgan fingerprint density at radius 3 is 1.39 bits per heavy atom. The van der Waals surface area contributed by atoms with Gasteiger partial charge in [-0.05, 0) is 47.5 Å². The molecule has 56 heavy (non-hydrogen) atoms. The quantitative estimate of drug-likeness (QED) is 0.121. The lowest BCUT2D eigenvalue weighted by Gasteiger charge is -2.20. The lowest BCUT2D eigenvalue weighted by atomic mass is 9.82. The number of halogens is 2. The van der Waals surface area contributed by atoms with Crippen molar-refractivity contribution in [1.82, 2.24) is 39.0 Å². The summed E-state index contributed by atoms with van der Waals surface area (Å²) in [6.07, 6.45) is 12.6. The fourth-order valence-corrected chi connectivity index (χ4v) is 6.26. The van der Waals surface area contributed by atoms with Gasteiger partial charge in [0, 0.05) is 25.2 Å². The van der Waals surface area contributed by atoms with Crippen molar-refractivity contribution in [3.8, 4) is 23.3 Å². The van der Waals surface area contributed by atoms with Gasteiger partial charge in [0.25, 0.3) is 11.8 Å². The number of hydrogen-bond donors (Lipinski definition) is 0. The van der Waals surface area contributed by atoms with Crippen molar-refractivity contribution in [3.05, 3.63) is 168 Å². The SMILES string of the molecule is Cn1cnc2c(Oc3ccc(C(/C=C/c4ccccc4F)C(=O)C(/C=C/c4ccccc4F)c4ccc(Oc5ncnc6c5ncn6C)cc4)cc3)ncnc21. The Bertz CT molecular complexity index is 2560. The van der Waals surface area contributed by atoms with Crippen molar-refractivity contribution in [2.75, 3.05) is 0 Å². The molecule has 8 aromatic rings. The number of ether oxygens (including phenoxy) is 2. The summed E-state index contributed by atoms with van der Waals surface area (Å²) in [7, 11) is 3.65. The number of Topliss-reactive ketones (excluding diaryl/α,β-unsaturated/α-hetero) is 1. The van der Waals surface area contributed by atoms with Gasteiger partial charge >= 0.3 is 0 Å². The second-order valence-corrected chi connectivity index (χ2v) is 12.9. The molecule has 0 amide bonds. The zero-order valence-electron chi connectivity index (χ0n) is 30.1. The Kier molecular flexibility index (Phi) is 9.87. The third kappa shape index (κ3) is 7.37. The molecule has 0 aliphatic carbocycles. The van der Waals surface area contributed by atoms with E-state index in [0.717, 1.165) is 0 Å². The Balaban J connectivity index is 1.14. The fourth-order valence-electron chi connectivity index (χ4n) is 6.26. The van der Waals surface area contributed by atoms with Gasteiger partial charge in [-0.3, -0.25) is 4.79 Å². The normalized spacial score (nSPS) is 12.8. The highest BCUT2D eigenvalue weighted by Gasteiger charge is 2.27. The molecule has 276 valence electrons. The van der Waals surface area contributed by atoms with Crippen LogP contribution in [0, 0.1) is 11.6 Å². The predicted octanol–water partition coefficient (Wildman–Crippen LogP) is 8.77. The smallest absolute Gasteiger partial charge is 0.250 e. The van der Waals surface area contributed by atoms with Crippen molar-refractivity contribution in [2.45, 2.75) is 11.8 Å². The zero-order chi connectivity index (χ0) is 38.6. The van der Waals surface area contributed by atoms with Gasteiger partial charge in [-0.25, -0.2) is 28.7 Å². The molecule has 0 N–H and O–H groups in total. The number of imidazole rings is 2. The number of aromatic nitrogens is 8. The van der Waals surface area contributed by atoms with Crippen LogP contribution in [0.15, 0.2) is 135 Å². The summed E-state index contributed by atoms with van der Waals surface area (Å²) < 4.78 is 45.4. The standard InChI is InChI=1S/C43H32F2N8O3/c1-52-25-50-37-40(52)46-23-48-42(37)55-31-17-11-27(12-18-31)33(21-15-29-7-3-5-9-35(29)44)39(54)34(22-16-30-8-4-6-10-36(30)45)28-13-19-32(20-14-28)56-43-38-41(47-24-49-43)53(2)26-51-38/h3-26,33-34H,1-2H3/b21-15+,22-16+. The maximum atomic E-state index is 14.9.